The zero-order valence-corrected chi connectivity index (χ0v) is 9.80. The van der Waals surface area contributed by atoms with Gasteiger partial charge in [-0.1, -0.05) is 5.16 Å². The molecule has 2 aliphatic carbocycles. The molecular weight excluding hydrogens is 226 g/mol. The second-order valence-corrected chi connectivity index (χ2v) is 4.72. The van der Waals surface area contributed by atoms with Crippen LogP contribution >= 0.6 is 0 Å². The van der Waals surface area contributed by atoms with Gasteiger partial charge in [0, 0.05) is 30.7 Å². The van der Waals surface area contributed by atoms with Crippen molar-refractivity contribution in [3.8, 4) is 0 Å². The van der Waals surface area contributed by atoms with Crippen molar-refractivity contribution in [3.63, 3.8) is 0 Å². The minimum atomic E-state index is -1.17. The fourth-order valence-electron chi connectivity index (χ4n) is 2.91. The Labute approximate surface area is 98.3 Å². The van der Waals surface area contributed by atoms with Crippen LogP contribution in [0.5, 0.6) is 0 Å². The lowest BCUT2D eigenvalue weighted by molar-refractivity contribution is -0.551. The zero-order chi connectivity index (χ0) is 12.6. The first-order chi connectivity index (χ1) is 8.00. The largest absolute Gasteiger partial charge is 0.433 e. The number of oxime groups is 1. The molecule has 2 aliphatic rings. The van der Waals surface area contributed by atoms with Crippen LogP contribution in [-0.4, -0.2) is 29.3 Å². The first-order valence-electron chi connectivity index (χ1n) is 5.61. The maximum Gasteiger partial charge on any atom is 0.433 e. The summed E-state index contributed by atoms with van der Waals surface area (Å²) < 4.78 is 0. The molecule has 2 bridgehead atoms. The molecule has 2 rings (SSSR count). The summed E-state index contributed by atoms with van der Waals surface area (Å²) in [5.41, 5.74) is -0.765. The maximum atomic E-state index is 11.2. The van der Waals surface area contributed by atoms with Gasteiger partial charge in [-0.2, -0.15) is 0 Å². The summed E-state index contributed by atoms with van der Waals surface area (Å²) >= 11 is 0. The molecule has 0 aliphatic heterocycles. The highest BCUT2D eigenvalue weighted by atomic mass is 16.7. The SMILES string of the molecule is CNC(=O)O/N=C1/C2CCC(C2)C1(C)[N+](=O)[O-]. The Bertz CT molecular complexity index is 395. The number of hydrogen-bond acceptors (Lipinski definition) is 5. The van der Waals surface area contributed by atoms with Crippen LogP contribution in [0.1, 0.15) is 26.2 Å². The Morgan fingerprint density at radius 3 is 2.94 bits per heavy atom. The van der Waals surface area contributed by atoms with Gasteiger partial charge in [0.2, 0.25) is 0 Å². The Kier molecular flexibility index (Phi) is 2.76. The van der Waals surface area contributed by atoms with Crippen molar-refractivity contribution in [2.45, 2.75) is 31.7 Å². The molecule has 1 amide bonds. The van der Waals surface area contributed by atoms with E-state index in [1.165, 1.54) is 7.05 Å². The Balaban J connectivity index is 2.25. The highest BCUT2D eigenvalue weighted by molar-refractivity contribution is 5.97. The van der Waals surface area contributed by atoms with Gasteiger partial charge in [-0.15, -0.1) is 0 Å². The molecule has 0 aromatic carbocycles. The molecule has 0 spiro atoms. The highest BCUT2D eigenvalue weighted by Crippen LogP contribution is 2.50. The van der Waals surface area contributed by atoms with Crippen LogP contribution < -0.4 is 5.32 Å². The van der Waals surface area contributed by atoms with E-state index in [1.807, 2.05) is 0 Å². The predicted molar refractivity (Wildman–Crippen MR) is 59.2 cm³/mol. The summed E-state index contributed by atoms with van der Waals surface area (Å²) in [5.74, 6) is 0.0922. The molecule has 3 atom stereocenters. The third-order valence-corrected chi connectivity index (χ3v) is 3.94. The van der Waals surface area contributed by atoms with Crippen LogP contribution in [0.4, 0.5) is 4.79 Å². The monoisotopic (exact) mass is 241 g/mol. The fourth-order valence-corrected chi connectivity index (χ4v) is 2.91. The molecule has 0 heterocycles. The van der Waals surface area contributed by atoms with Crippen molar-refractivity contribution in [2.75, 3.05) is 7.05 Å². The molecule has 2 saturated carbocycles. The average Bonchev–Trinajstić information content (AvgIpc) is 2.86. The molecule has 7 heteroatoms. The van der Waals surface area contributed by atoms with Gasteiger partial charge in [0.25, 0.3) is 5.54 Å². The molecule has 7 nitrogen and oxygen atoms in total. The molecular formula is C10H15N3O4. The van der Waals surface area contributed by atoms with Gasteiger partial charge in [-0.25, -0.2) is 4.79 Å². The van der Waals surface area contributed by atoms with E-state index in [4.69, 9.17) is 0 Å². The smallest absolute Gasteiger partial charge is 0.323 e. The zero-order valence-electron chi connectivity index (χ0n) is 9.80. The van der Waals surface area contributed by atoms with Crippen LogP contribution in [0.15, 0.2) is 5.16 Å². The van der Waals surface area contributed by atoms with E-state index in [9.17, 15) is 14.9 Å². The van der Waals surface area contributed by atoms with Crippen molar-refractivity contribution >= 4 is 11.8 Å². The minimum Gasteiger partial charge on any atom is -0.323 e. The van der Waals surface area contributed by atoms with Crippen LogP contribution in [0.2, 0.25) is 0 Å². The Hall–Kier alpha value is -1.66. The number of carbonyl (C=O) groups excluding carboxylic acids is 1. The van der Waals surface area contributed by atoms with Crippen LogP contribution in [0.3, 0.4) is 0 Å². The van der Waals surface area contributed by atoms with Crippen LogP contribution in [0.25, 0.3) is 0 Å². The molecule has 0 aromatic rings. The standard InChI is InChI=1S/C10H15N3O4/c1-10(13(15)16)7-4-3-6(5-7)8(10)12-17-9(14)11-2/h6-7H,3-5H2,1-2H3,(H,11,14)/b12-8-. The Morgan fingerprint density at radius 1 is 1.65 bits per heavy atom. The average molecular weight is 241 g/mol. The van der Waals surface area contributed by atoms with Gasteiger partial charge in [-0.3, -0.25) is 15.0 Å². The first-order valence-corrected chi connectivity index (χ1v) is 5.61. The van der Waals surface area contributed by atoms with E-state index in [0.29, 0.717) is 5.71 Å². The second-order valence-electron chi connectivity index (χ2n) is 4.72. The van der Waals surface area contributed by atoms with E-state index in [-0.39, 0.29) is 16.8 Å². The molecule has 2 fully saturated rings. The highest BCUT2D eigenvalue weighted by Gasteiger charge is 2.62. The number of carbonyl (C=O) groups is 1. The van der Waals surface area contributed by atoms with Crippen LogP contribution in [-0.2, 0) is 4.84 Å². The number of nitrogens with one attached hydrogen (secondary N) is 1. The summed E-state index contributed by atoms with van der Waals surface area (Å²) in [5, 5.41) is 17.2. The fraction of sp³-hybridized carbons (Fsp3) is 0.800. The van der Waals surface area contributed by atoms with Gasteiger partial charge in [-0.05, 0) is 19.3 Å². The predicted octanol–water partition coefficient (Wildman–Crippen LogP) is 1.16. The molecule has 94 valence electrons. The van der Waals surface area contributed by atoms with Gasteiger partial charge < -0.3 is 5.32 Å². The molecule has 17 heavy (non-hydrogen) atoms. The van der Waals surface area contributed by atoms with Gasteiger partial charge >= 0.3 is 6.09 Å². The molecule has 3 unspecified atom stereocenters. The summed E-state index contributed by atoms with van der Waals surface area (Å²) in [7, 11) is 1.41. The molecule has 1 N–H and O–H groups in total. The van der Waals surface area contributed by atoms with Crippen molar-refractivity contribution in [3.05, 3.63) is 10.1 Å². The lowest BCUT2D eigenvalue weighted by Crippen LogP contribution is -2.48. The number of amides is 1. The lowest BCUT2D eigenvalue weighted by Gasteiger charge is -2.25. The van der Waals surface area contributed by atoms with E-state index in [1.54, 1.807) is 6.92 Å². The summed E-state index contributed by atoms with van der Waals surface area (Å²) in [6.07, 6.45) is 1.81. The van der Waals surface area contributed by atoms with E-state index < -0.39 is 11.6 Å². The maximum absolute atomic E-state index is 11.2. The molecule has 0 radical (unpaired) electrons. The molecule has 0 aromatic heterocycles. The van der Waals surface area contributed by atoms with E-state index in [0.717, 1.165) is 19.3 Å². The normalized spacial score (nSPS) is 37.2. The van der Waals surface area contributed by atoms with Gasteiger partial charge in [0.1, 0.15) is 5.71 Å². The third kappa shape index (κ3) is 1.65. The van der Waals surface area contributed by atoms with E-state index >= 15 is 0 Å². The summed E-state index contributed by atoms with van der Waals surface area (Å²) in [6.45, 7) is 1.57. The van der Waals surface area contributed by atoms with Crippen molar-refractivity contribution in [2.24, 2.45) is 17.0 Å². The van der Waals surface area contributed by atoms with Crippen molar-refractivity contribution in [1.82, 2.24) is 5.32 Å². The first kappa shape index (κ1) is 11.8. The summed E-state index contributed by atoms with van der Waals surface area (Å²) in [6, 6.07) is 0. The van der Waals surface area contributed by atoms with E-state index in [2.05, 4.69) is 15.3 Å². The van der Waals surface area contributed by atoms with Crippen molar-refractivity contribution < 1.29 is 14.6 Å². The quantitative estimate of drug-likeness (QED) is 0.446. The number of nitrogens with zero attached hydrogens (tertiary/aromatic N) is 2. The lowest BCUT2D eigenvalue weighted by atomic mass is 9.81. The number of rotatable bonds is 2. The van der Waals surface area contributed by atoms with Gasteiger partial charge in [0.05, 0.1) is 0 Å². The third-order valence-electron chi connectivity index (χ3n) is 3.94. The number of nitro groups is 1. The topological polar surface area (TPSA) is 93.8 Å². The second kappa shape index (κ2) is 3.97. The van der Waals surface area contributed by atoms with Crippen molar-refractivity contribution in [1.29, 1.82) is 0 Å². The number of hydrogen-bond donors (Lipinski definition) is 1. The van der Waals surface area contributed by atoms with Crippen LogP contribution in [0, 0.1) is 22.0 Å². The Morgan fingerprint density at radius 2 is 2.35 bits per heavy atom. The molecule has 0 saturated heterocycles. The number of fused-ring (bicyclic) bond motifs is 2. The minimum absolute atomic E-state index is 0.00883. The summed E-state index contributed by atoms with van der Waals surface area (Å²) in [4.78, 5) is 26.5. The van der Waals surface area contributed by atoms with Gasteiger partial charge in [0.15, 0.2) is 0 Å².